The lowest BCUT2D eigenvalue weighted by Gasteiger charge is -2.08. The highest BCUT2D eigenvalue weighted by atomic mass is 35.5. The highest BCUT2D eigenvalue weighted by Crippen LogP contribution is 2.23. The van der Waals surface area contributed by atoms with Gasteiger partial charge in [-0.3, -0.25) is 4.72 Å². The highest BCUT2D eigenvalue weighted by molar-refractivity contribution is 7.93. The molecule has 3 rings (SSSR count). The smallest absolute Gasteiger partial charge is 0.267 e. The monoisotopic (exact) mass is 410 g/mol. The summed E-state index contributed by atoms with van der Waals surface area (Å²) in [7, 11) is -7.82. The molecule has 0 saturated heterocycles. The van der Waals surface area contributed by atoms with Crippen LogP contribution in [0.15, 0.2) is 76.8 Å². The second-order valence-corrected chi connectivity index (χ2v) is 9.50. The van der Waals surface area contributed by atoms with E-state index in [1.54, 1.807) is 37.3 Å². The number of aromatic nitrogens is 1. The third kappa shape index (κ3) is 3.62. The summed E-state index contributed by atoms with van der Waals surface area (Å²) in [6, 6.07) is 13.7. The van der Waals surface area contributed by atoms with Gasteiger partial charge in [-0.15, -0.1) is 0 Å². The quantitative estimate of drug-likeness (QED) is 0.697. The number of halogens is 1. The van der Waals surface area contributed by atoms with E-state index in [0.29, 0.717) is 10.7 Å². The van der Waals surface area contributed by atoms with Crippen molar-refractivity contribution in [3.05, 3.63) is 77.6 Å². The molecular formula is C17H15ClN2O4S2. The van der Waals surface area contributed by atoms with Crippen LogP contribution in [0.3, 0.4) is 0 Å². The number of nitrogens with zero attached hydrogens (tertiary/aromatic N) is 1. The van der Waals surface area contributed by atoms with Gasteiger partial charge in [-0.2, -0.15) is 0 Å². The molecule has 0 aliphatic heterocycles. The minimum atomic E-state index is -3.96. The van der Waals surface area contributed by atoms with E-state index in [1.807, 2.05) is 0 Å². The van der Waals surface area contributed by atoms with Crippen LogP contribution in [0.5, 0.6) is 0 Å². The minimum Gasteiger partial charge on any atom is -0.280 e. The number of hydrogen-bond acceptors (Lipinski definition) is 4. The summed E-state index contributed by atoms with van der Waals surface area (Å²) >= 11 is 6.00. The zero-order valence-electron chi connectivity index (χ0n) is 13.6. The Morgan fingerprint density at radius 3 is 2.27 bits per heavy atom. The SMILES string of the molecule is Cc1ccc(NS(=O)(=O)c2ccn(S(=O)(=O)c3ccccc3)c2)cc1Cl. The lowest BCUT2D eigenvalue weighted by molar-refractivity contribution is 0.587. The second kappa shape index (κ2) is 6.79. The Morgan fingerprint density at radius 1 is 0.923 bits per heavy atom. The van der Waals surface area contributed by atoms with Crippen molar-refractivity contribution in [1.82, 2.24) is 3.97 Å². The van der Waals surface area contributed by atoms with E-state index in [2.05, 4.69) is 4.72 Å². The van der Waals surface area contributed by atoms with E-state index >= 15 is 0 Å². The molecule has 1 N–H and O–H groups in total. The maximum Gasteiger partial charge on any atom is 0.267 e. The summed E-state index contributed by atoms with van der Waals surface area (Å²) in [6.45, 7) is 1.80. The standard InChI is InChI=1S/C17H15ClN2O4S2/c1-13-7-8-14(11-17(13)18)19-25(21,22)16-9-10-20(12-16)26(23,24)15-5-3-2-4-6-15/h2-12,19H,1H3. The maximum absolute atomic E-state index is 12.5. The van der Waals surface area contributed by atoms with Crippen molar-refractivity contribution in [2.24, 2.45) is 0 Å². The van der Waals surface area contributed by atoms with Crippen molar-refractivity contribution in [1.29, 1.82) is 0 Å². The van der Waals surface area contributed by atoms with Crippen LogP contribution in [0.2, 0.25) is 5.02 Å². The van der Waals surface area contributed by atoms with Gasteiger partial charge in [0.2, 0.25) is 0 Å². The fraction of sp³-hybridized carbons (Fsp3) is 0.0588. The van der Waals surface area contributed by atoms with Crippen LogP contribution in [-0.4, -0.2) is 20.8 Å². The van der Waals surface area contributed by atoms with Gasteiger partial charge in [-0.1, -0.05) is 35.9 Å². The Labute approximate surface area is 157 Å². The van der Waals surface area contributed by atoms with Gasteiger partial charge in [0.15, 0.2) is 0 Å². The van der Waals surface area contributed by atoms with Crippen molar-refractivity contribution in [3.63, 3.8) is 0 Å². The van der Waals surface area contributed by atoms with Crippen LogP contribution in [0, 0.1) is 6.92 Å². The number of aryl methyl sites for hydroxylation is 1. The predicted octanol–water partition coefficient (Wildman–Crippen LogP) is 3.49. The van der Waals surface area contributed by atoms with E-state index in [4.69, 9.17) is 11.6 Å². The number of benzene rings is 2. The summed E-state index contributed by atoms with van der Waals surface area (Å²) in [4.78, 5) is -0.105. The van der Waals surface area contributed by atoms with Gasteiger partial charge in [-0.25, -0.2) is 20.8 Å². The van der Waals surface area contributed by atoms with Gasteiger partial charge >= 0.3 is 0 Å². The fourth-order valence-corrected chi connectivity index (χ4v) is 4.76. The molecule has 0 aliphatic rings. The third-order valence-electron chi connectivity index (χ3n) is 3.69. The number of anilines is 1. The molecule has 0 unspecified atom stereocenters. The van der Waals surface area contributed by atoms with Gasteiger partial charge in [-0.05, 0) is 42.8 Å². The van der Waals surface area contributed by atoms with Crippen LogP contribution >= 0.6 is 11.6 Å². The maximum atomic E-state index is 12.5. The topological polar surface area (TPSA) is 85.2 Å². The van der Waals surface area contributed by atoms with Gasteiger partial charge in [0.1, 0.15) is 4.90 Å². The molecule has 0 radical (unpaired) electrons. The first-order valence-electron chi connectivity index (χ1n) is 7.48. The van der Waals surface area contributed by atoms with Crippen molar-refractivity contribution in [2.45, 2.75) is 16.7 Å². The molecule has 136 valence electrons. The fourth-order valence-electron chi connectivity index (χ4n) is 2.25. The lowest BCUT2D eigenvalue weighted by Crippen LogP contribution is -2.14. The molecule has 0 spiro atoms. The van der Waals surface area contributed by atoms with Gasteiger partial charge in [0, 0.05) is 17.4 Å². The Balaban J connectivity index is 1.92. The van der Waals surface area contributed by atoms with E-state index in [0.717, 1.165) is 15.7 Å². The molecule has 3 aromatic rings. The molecule has 0 bridgehead atoms. The van der Waals surface area contributed by atoms with E-state index < -0.39 is 20.0 Å². The van der Waals surface area contributed by atoms with Crippen LogP contribution in [-0.2, 0) is 20.0 Å². The molecule has 0 atom stereocenters. The number of hydrogen-bond donors (Lipinski definition) is 1. The van der Waals surface area contributed by atoms with Gasteiger partial charge < -0.3 is 0 Å². The molecule has 26 heavy (non-hydrogen) atoms. The number of sulfonamides is 1. The first-order chi connectivity index (χ1) is 12.2. The van der Waals surface area contributed by atoms with E-state index in [1.165, 1.54) is 30.5 Å². The van der Waals surface area contributed by atoms with E-state index in [9.17, 15) is 16.8 Å². The molecule has 1 aromatic heterocycles. The van der Waals surface area contributed by atoms with Crippen molar-refractivity contribution < 1.29 is 16.8 Å². The zero-order valence-corrected chi connectivity index (χ0v) is 16.0. The Morgan fingerprint density at radius 2 is 1.62 bits per heavy atom. The molecule has 9 heteroatoms. The molecule has 1 heterocycles. The summed E-state index contributed by atoms with van der Waals surface area (Å²) in [6.07, 6.45) is 2.25. The zero-order chi connectivity index (χ0) is 18.9. The second-order valence-electron chi connectivity index (χ2n) is 5.56. The first-order valence-corrected chi connectivity index (χ1v) is 10.8. The summed E-state index contributed by atoms with van der Waals surface area (Å²) in [5.41, 5.74) is 1.11. The summed E-state index contributed by atoms with van der Waals surface area (Å²) in [5.74, 6) is 0. The Kier molecular flexibility index (Phi) is 4.83. The average Bonchev–Trinajstić information content (AvgIpc) is 3.11. The molecule has 6 nitrogen and oxygen atoms in total. The summed E-state index contributed by atoms with van der Waals surface area (Å²) < 4.78 is 53.4. The predicted molar refractivity (Wildman–Crippen MR) is 100 cm³/mol. The largest absolute Gasteiger partial charge is 0.280 e. The van der Waals surface area contributed by atoms with Gasteiger partial charge in [0.25, 0.3) is 20.0 Å². The normalized spacial score (nSPS) is 12.1. The Bertz CT molecular complexity index is 1150. The molecule has 2 aromatic carbocycles. The van der Waals surface area contributed by atoms with E-state index in [-0.39, 0.29) is 9.79 Å². The average molecular weight is 411 g/mol. The highest BCUT2D eigenvalue weighted by Gasteiger charge is 2.21. The summed E-state index contributed by atoms with van der Waals surface area (Å²) in [5, 5.41) is 0.425. The van der Waals surface area contributed by atoms with Crippen molar-refractivity contribution in [2.75, 3.05) is 4.72 Å². The van der Waals surface area contributed by atoms with Crippen LogP contribution in [0.25, 0.3) is 0 Å². The molecule has 0 fully saturated rings. The number of nitrogens with one attached hydrogen (secondary N) is 1. The van der Waals surface area contributed by atoms with Crippen LogP contribution in [0.4, 0.5) is 5.69 Å². The first kappa shape index (κ1) is 18.5. The lowest BCUT2D eigenvalue weighted by atomic mass is 10.2. The molecule has 0 saturated carbocycles. The van der Waals surface area contributed by atoms with Crippen LogP contribution < -0.4 is 4.72 Å². The molecule has 0 aliphatic carbocycles. The van der Waals surface area contributed by atoms with Crippen molar-refractivity contribution >= 4 is 37.3 Å². The number of rotatable bonds is 5. The van der Waals surface area contributed by atoms with Gasteiger partial charge in [0.05, 0.1) is 10.6 Å². The van der Waals surface area contributed by atoms with Crippen molar-refractivity contribution in [3.8, 4) is 0 Å². The minimum absolute atomic E-state index is 0.0674. The molecular weight excluding hydrogens is 396 g/mol. The molecule has 0 amide bonds. The van der Waals surface area contributed by atoms with Crippen LogP contribution in [0.1, 0.15) is 5.56 Å². The Hall–Kier alpha value is -2.29. The third-order valence-corrected chi connectivity index (χ3v) is 7.12.